The average Bonchev–Trinajstić information content (AvgIpc) is 2.40. The number of hydrogen-bond acceptors (Lipinski definition) is 4. The number of nitrogens with two attached hydrogens (primary N) is 1. The Kier molecular flexibility index (Phi) is 4.79. The monoisotopic (exact) mass is 236 g/mol. The van der Waals surface area contributed by atoms with E-state index < -0.39 is 0 Å². The first kappa shape index (κ1) is 12.4. The second-order valence-electron chi connectivity index (χ2n) is 4.15. The number of rotatable bonds is 5. The highest BCUT2D eigenvalue weighted by Crippen LogP contribution is 2.12. The van der Waals surface area contributed by atoms with Gasteiger partial charge in [-0.15, -0.1) is 0 Å². The Bertz CT molecular complexity index is 338. The minimum absolute atomic E-state index is 0.556. The molecule has 1 fully saturated rings. The quantitative estimate of drug-likeness (QED) is 0.823. The maximum atomic E-state index is 5.71. The molecule has 17 heavy (non-hydrogen) atoms. The highest BCUT2D eigenvalue weighted by molar-refractivity contribution is 5.28. The molecule has 1 aliphatic heterocycles. The Labute approximate surface area is 102 Å². The predicted molar refractivity (Wildman–Crippen MR) is 67.1 cm³/mol. The minimum atomic E-state index is 0.556. The van der Waals surface area contributed by atoms with Crippen molar-refractivity contribution in [1.82, 2.24) is 4.90 Å². The van der Waals surface area contributed by atoms with E-state index in [1.807, 2.05) is 24.3 Å². The summed E-state index contributed by atoms with van der Waals surface area (Å²) in [6.45, 7) is 5.91. The number of nitrogens with zero attached hydrogens (tertiary/aromatic N) is 1. The molecule has 2 N–H and O–H groups in total. The lowest BCUT2D eigenvalue weighted by Gasteiger charge is -2.26. The fourth-order valence-corrected chi connectivity index (χ4v) is 1.88. The van der Waals surface area contributed by atoms with Gasteiger partial charge in [-0.1, -0.05) is 12.1 Å². The SMILES string of the molecule is NCc1cccc(OCCN2CCOCC2)c1. The van der Waals surface area contributed by atoms with E-state index >= 15 is 0 Å². The van der Waals surface area contributed by atoms with Crippen LogP contribution in [0.1, 0.15) is 5.56 Å². The normalized spacial score (nSPS) is 17.0. The molecular weight excluding hydrogens is 216 g/mol. The van der Waals surface area contributed by atoms with Gasteiger partial charge in [0, 0.05) is 26.2 Å². The third-order valence-corrected chi connectivity index (χ3v) is 2.91. The molecule has 2 rings (SSSR count). The molecule has 1 aromatic rings. The molecule has 94 valence electrons. The molecule has 1 aliphatic rings. The summed E-state index contributed by atoms with van der Waals surface area (Å²) in [6.07, 6.45) is 0. The first-order valence-corrected chi connectivity index (χ1v) is 6.10. The van der Waals surface area contributed by atoms with Crippen molar-refractivity contribution in [2.24, 2.45) is 5.73 Å². The summed E-state index contributed by atoms with van der Waals surface area (Å²) in [6, 6.07) is 7.96. The average molecular weight is 236 g/mol. The van der Waals surface area contributed by atoms with E-state index in [1.165, 1.54) is 0 Å². The van der Waals surface area contributed by atoms with Crippen molar-refractivity contribution in [1.29, 1.82) is 0 Å². The number of morpholine rings is 1. The second-order valence-corrected chi connectivity index (χ2v) is 4.15. The molecule has 0 amide bonds. The molecule has 0 radical (unpaired) electrons. The Morgan fingerprint density at radius 2 is 2.12 bits per heavy atom. The van der Waals surface area contributed by atoms with Gasteiger partial charge >= 0.3 is 0 Å². The van der Waals surface area contributed by atoms with Crippen LogP contribution < -0.4 is 10.5 Å². The molecule has 0 spiro atoms. The number of benzene rings is 1. The van der Waals surface area contributed by atoms with Crippen LogP contribution in [0.4, 0.5) is 0 Å². The van der Waals surface area contributed by atoms with Gasteiger partial charge in [0.15, 0.2) is 0 Å². The molecule has 0 aromatic heterocycles. The Morgan fingerprint density at radius 1 is 1.29 bits per heavy atom. The van der Waals surface area contributed by atoms with Crippen LogP contribution in [0.3, 0.4) is 0 Å². The van der Waals surface area contributed by atoms with E-state index in [0.29, 0.717) is 13.2 Å². The van der Waals surface area contributed by atoms with Gasteiger partial charge in [-0.3, -0.25) is 4.90 Å². The molecule has 1 heterocycles. The van der Waals surface area contributed by atoms with Crippen LogP contribution >= 0.6 is 0 Å². The van der Waals surface area contributed by atoms with Crippen molar-refractivity contribution < 1.29 is 9.47 Å². The zero-order chi connectivity index (χ0) is 11.9. The van der Waals surface area contributed by atoms with Crippen molar-refractivity contribution in [3.05, 3.63) is 29.8 Å². The van der Waals surface area contributed by atoms with Crippen LogP contribution in [-0.2, 0) is 11.3 Å². The second kappa shape index (κ2) is 6.59. The van der Waals surface area contributed by atoms with E-state index in [2.05, 4.69) is 4.90 Å². The third-order valence-electron chi connectivity index (χ3n) is 2.91. The van der Waals surface area contributed by atoms with Crippen molar-refractivity contribution >= 4 is 0 Å². The van der Waals surface area contributed by atoms with Crippen LogP contribution in [0.5, 0.6) is 5.75 Å². The van der Waals surface area contributed by atoms with Crippen LogP contribution in [0, 0.1) is 0 Å². The maximum absolute atomic E-state index is 5.71. The maximum Gasteiger partial charge on any atom is 0.119 e. The van der Waals surface area contributed by atoms with Crippen LogP contribution in [0.15, 0.2) is 24.3 Å². The lowest BCUT2D eigenvalue weighted by Crippen LogP contribution is -2.38. The predicted octanol–water partition coefficient (Wildman–Crippen LogP) is 0.856. The van der Waals surface area contributed by atoms with Gasteiger partial charge < -0.3 is 15.2 Å². The van der Waals surface area contributed by atoms with Crippen molar-refractivity contribution in [3.63, 3.8) is 0 Å². The highest BCUT2D eigenvalue weighted by atomic mass is 16.5. The molecule has 1 aromatic carbocycles. The summed E-state index contributed by atoms with van der Waals surface area (Å²) in [4.78, 5) is 2.36. The smallest absolute Gasteiger partial charge is 0.119 e. The zero-order valence-corrected chi connectivity index (χ0v) is 10.1. The molecule has 4 heteroatoms. The molecule has 0 atom stereocenters. The fraction of sp³-hybridized carbons (Fsp3) is 0.538. The number of ether oxygens (including phenoxy) is 2. The van der Waals surface area contributed by atoms with Crippen molar-refractivity contribution in [2.45, 2.75) is 6.54 Å². The van der Waals surface area contributed by atoms with E-state index in [-0.39, 0.29) is 0 Å². The third kappa shape index (κ3) is 4.00. The van der Waals surface area contributed by atoms with Gasteiger partial charge in [0.05, 0.1) is 13.2 Å². The van der Waals surface area contributed by atoms with Crippen molar-refractivity contribution in [3.8, 4) is 5.75 Å². The lowest BCUT2D eigenvalue weighted by atomic mass is 10.2. The Hall–Kier alpha value is -1.10. The van der Waals surface area contributed by atoms with Gasteiger partial charge in [-0.05, 0) is 17.7 Å². The number of hydrogen-bond donors (Lipinski definition) is 1. The van der Waals surface area contributed by atoms with Crippen LogP contribution in [0.2, 0.25) is 0 Å². The standard InChI is InChI=1S/C13H20N2O2/c14-11-12-2-1-3-13(10-12)17-9-6-15-4-7-16-8-5-15/h1-3,10H,4-9,11,14H2. The topological polar surface area (TPSA) is 47.7 Å². The first-order valence-electron chi connectivity index (χ1n) is 6.10. The van der Waals surface area contributed by atoms with E-state index in [0.717, 1.165) is 44.2 Å². The molecule has 0 unspecified atom stereocenters. The summed E-state index contributed by atoms with van der Waals surface area (Å²) >= 11 is 0. The summed E-state index contributed by atoms with van der Waals surface area (Å²) < 4.78 is 11.0. The highest BCUT2D eigenvalue weighted by Gasteiger charge is 2.09. The Balaban J connectivity index is 1.73. The van der Waals surface area contributed by atoms with Gasteiger partial charge in [0.1, 0.15) is 12.4 Å². The molecular formula is C13H20N2O2. The Morgan fingerprint density at radius 3 is 2.88 bits per heavy atom. The fourth-order valence-electron chi connectivity index (χ4n) is 1.88. The molecule has 1 saturated heterocycles. The largest absolute Gasteiger partial charge is 0.492 e. The first-order chi connectivity index (χ1) is 8.38. The van der Waals surface area contributed by atoms with Crippen LogP contribution in [0.25, 0.3) is 0 Å². The minimum Gasteiger partial charge on any atom is -0.492 e. The molecule has 0 saturated carbocycles. The van der Waals surface area contributed by atoms with Crippen molar-refractivity contribution in [2.75, 3.05) is 39.5 Å². The van der Waals surface area contributed by atoms with Gasteiger partial charge in [0.2, 0.25) is 0 Å². The summed E-state index contributed by atoms with van der Waals surface area (Å²) in [5.41, 5.74) is 6.69. The molecule has 4 nitrogen and oxygen atoms in total. The van der Waals surface area contributed by atoms with Crippen LogP contribution in [-0.4, -0.2) is 44.4 Å². The molecule has 0 aliphatic carbocycles. The van der Waals surface area contributed by atoms with Gasteiger partial charge in [-0.2, -0.15) is 0 Å². The van der Waals surface area contributed by atoms with Gasteiger partial charge in [0.25, 0.3) is 0 Å². The summed E-state index contributed by atoms with van der Waals surface area (Å²) in [5, 5.41) is 0. The van der Waals surface area contributed by atoms with Gasteiger partial charge in [-0.25, -0.2) is 0 Å². The summed E-state index contributed by atoms with van der Waals surface area (Å²) in [7, 11) is 0. The molecule has 0 bridgehead atoms. The van der Waals surface area contributed by atoms with E-state index in [4.69, 9.17) is 15.2 Å². The summed E-state index contributed by atoms with van der Waals surface area (Å²) in [5.74, 6) is 0.904. The van der Waals surface area contributed by atoms with E-state index in [1.54, 1.807) is 0 Å². The lowest BCUT2D eigenvalue weighted by molar-refractivity contribution is 0.0322. The zero-order valence-electron chi connectivity index (χ0n) is 10.1. The van der Waals surface area contributed by atoms with E-state index in [9.17, 15) is 0 Å².